The van der Waals surface area contributed by atoms with Crippen molar-refractivity contribution in [2.75, 3.05) is 13.1 Å². The number of hydrogen-bond donors (Lipinski definition) is 5. The maximum atomic E-state index is 11.5. The van der Waals surface area contributed by atoms with Gasteiger partial charge < -0.3 is 26.2 Å². The Balaban J connectivity index is 2.27. The zero-order valence-electron chi connectivity index (χ0n) is 10.7. The highest BCUT2D eigenvalue weighted by Gasteiger charge is 2.25. The molecule has 0 saturated carbocycles. The summed E-state index contributed by atoms with van der Waals surface area (Å²) >= 11 is 0. The minimum atomic E-state index is -1.50. The number of carboxylic acids is 1. The molecule has 0 radical (unpaired) electrons. The summed E-state index contributed by atoms with van der Waals surface area (Å²) < 4.78 is 0. The van der Waals surface area contributed by atoms with Gasteiger partial charge in [0.2, 0.25) is 5.91 Å². The number of nitrogens with one attached hydrogen (secondary N) is 3. The van der Waals surface area contributed by atoms with Crippen LogP contribution in [0.15, 0.2) is 0 Å². The van der Waals surface area contributed by atoms with E-state index >= 15 is 0 Å². The van der Waals surface area contributed by atoms with Crippen LogP contribution in [-0.2, 0) is 9.59 Å². The summed E-state index contributed by atoms with van der Waals surface area (Å²) in [6.07, 6.45) is 0.471. The normalized spacial score (nSPS) is 22.0. The van der Waals surface area contributed by atoms with E-state index in [0.717, 1.165) is 0 Å². The van der Waals surface area contributed by atoms with Gasteiger partial charge in [-0.1, -0.05) is 0 Å². The molecule has 0 spiro atoms. The highest BCUT2D eigenvalue weighted by molar-refractivity contribution is 5.78. The fraction of sp³-hybridized carbons (Fsp3) is 0.727. The third-order valence-corrected chi connectivity index (χ3v) is 2.76. The second-order valence-corrected chi connectivity index (χ2v) is 4.93. The Bertz CT molecular complexity index is 359. The fourth-order valence-corrected chi connectivity index (χ4v) is 1.75. The van der Waals surface area contributed by atoms with Gasteiger partial charge in [-0.15, -0.1) is 0 Å². The van der Waals surface area contributed by atoms with Crippen LogP contribution in [0.4, 0.5) is 4.79 Å². The molecule has 0 aliphatic carbocycles. The van der Waals surface area contributed by atoms with E-state index in [2.05, 4.69) is 16.0 Å². The van der Waals surface area contributed by atoms with Crippen LogP contribution in [0, 0.1) is 0 Å². The third kappa shape index (κ3) is 6.05. The van der Waals surface area contributed by atoms with Gasteiger partial charge in [0.05, 0.1) is 12.0 Å². The third-order valence-electron chi connectivity index (χ3n) is 2.76. The molecule has 1 heterocycles. The first-order valence-electron chi connectivity index (χ1n) is 6.04. The summed E-state index contributed by atoms with van der Waals surface area (Å²) in [7, 11) is 0. The van der Waals surface area contributed by atoms with E-state index in [1.54, 1.807) is 0 Å². The van der Waals surface area contributed by atoms with Gasteiger partial charge >= 0.3 is 12.0 Å². The molecule has 1 fully saturated rings. The highest BCUT2D eigenvalue weighted by Crippen LogP contribution is 2.07. The monoisotopic (exact) mass is 273 g/mol. The van der Waals surface area contributed by atoms with Gasteiger partial charge in [-0.05, 0) is 13.3 Å². The molecule has 19 heavy (non-hydrogen) atoms. The lowest BCUT2D eigenvalue weighted by atomic mass is 10.0. The molecular formula is C11H19N3O5. The molecule has 1 aliphatic rings. The molecule has 8 heteroatoms. The second-order valence-electron chi connectivity index (χ2n) is 4.93. The van der Waals surface area contributed by atoms with Crippen molar-refractivity contribution in [2.24, 2.45) is 0 Å². The summed E-state index contributed by atoms with van der Waals surface area (Å²) in [6.45, 7) is 1.55. The maximum Gasteiger partial charge on any atom is 0.315 e. The smallest absolute Gasteiger partial charge is 0.315 e. The second kappa shape index (κ2) is 6.37. The molecule has 0 aromatic carbocycles. The van der Waals surface area contributed by atoms with Gasteiger partial charge in [0.15, 0.2) is 0 Å². The van der Waals surface area contributed by atoms with E-state index in [0.29, 0.717) is 19.4 Å². The highest BCUT2D eigenvalue weighted by atomic mass is 16.4. The van der Waals surface area contributed by atoms with Crippen LogP contribution in [0.2, 0.25) is 0 Å². The average molecular weight is 273 g/mol. The molecule has 2 atom stereocenters. The zero-order valence-corrected chi connectivity index (χ0v) is 10.7. The van der Waals surface area contributed by atoms with E-state index in [1.807, 2.05) is 0 Å². The van der Waals surface area contributed by atoms with Crippen LogP contribution >= 0.6 is 0 Å². The van der Waals surface area contributed by atoms with Crippen molar-refractivity contribution in [3.05, 3.63) is 0 Å². The Kier molecular flexibility index (Phi) is 5.11. The topological polar surface area (TPSA) is 128 Å². The molecule has 3 amide bonds. The van der Waals surface area contributed by atoms with Crippen LogP contribution in [0.5, 0.6) is 0 Å². The minimum absolute atomic E-state index is 0.0390. The van der Waals surface area contributed by atoms with Crippen LogP contribution in [0.3, 0.4) is 0 Å². The van der Waals surface area contributed by atoms with Crippen LogP contribution in [-0.4, -0.2) is 52.9 Å². The van der Waals surface area contributed by atoms with E-state index < -0.39 is 24.0 Å². The molecule has 1 aliphatic heterocycles. The number of piperidine rings is 1. The SMILES string of the molecule is CC(O)(CNC(=O)NC1CCC(=O)NC1)CC(=O)O. The van der Waals surface area contributed by atoms with E-state index in [9.17, 15) is 19.5 Å². The summed E-state index contributed by atoms with van der Waals surface area (Å²) in [5, 5.41) is 25.9. The Labute approximate surface area is 110 Å². The van der Waals surface area contributed by atoms with E-state index in [4.69, 9.17) is 5.11 Å². The number of aliphatic hydroxyl groups is 1. The summed E-state index contributed by atoms with van der Waals surface area (Å²) in [5.74, 6) is -1.18. The van der Waals surface area contributed by atoms with Crippen LogP contribution in [0.25, 0.3) is 0 Å². The molecule has 1 rings (SSSR count). The molecule has 0 bridgehead atoms. The van der Waals surface area contributed by atoms with Crippen molar-refractivity contribution in [1.82, 2.24) is 16.0 Å². The van der Waals surface area contributed by atoms with Gasteiger partial charge in [-0.2, -0.15) is 0 Å². The van der Waals surface area contributed by atoms with E-state index in [1.165, 1.54) is 6.92 Å². The first-order chi connectivity index (χ1) is 8.78. The first-order valence-corrected chi connectivity index (χ1v) is 6.04. The van der Waals surface area contributed by atoms with Gasteiger partial charge in [0.1, 0.15) is 0 Å². The summed E-state index contributed by atoms with van der Waals surface area (Å²) in [5.41, 5.74) is -1.50. The standard InChI is InChI=1S/C11H19N3O5/c1-11(19,4-9(16)17)6-13-10(18)14-7-2-3-8(15)12-5-7/h7,19H,2-6H2,1H3,(H,12,15)(H,16,17)(H2,13,14,18). The lowest BCUT2D eigenvalue weighted by Gasteiger charge is -2.25. The van der Waals surface area contributed by atoms with Crippen LogP contribution < -0.4 is 16.0 Å². The Hall–Kier alpha value is -1.83. The predicted octanol–water partition coefficient (Wildman–Crippen LogP) is -1.21. The van der Waals surface area contributed by atoms with Crippen molar-refractivity contribution < 1.29 is 24.6 Å². The Morgan fingerprint density at radius 1 is 1.53 bits per heavy atom. The van der Waals surface area contributed by atoms with Gasteiger partial charge in [-0.25, -0.2) is 4.79 Å². The predicted molar refractivity (Wildman–Crippen MR) is 65.4 cm³/mol. The van der Waals surface area contributed by atoms with Crippen molar-refractivity contribution >= 4 is 17.9 Å². The molecule has 108 valence electrons. The Morgan fingerprint density at radius 2 is 2.21 bits per heavy atom. The number of amides is 3. The molecule has 0 aromatic heterocycles. The molecule has 5 N–H and O–H groups in total. The van der Waals surface area contributed by atoms with Gasteiger partial charge in [0.25, 0.3) is 0 Å². The zero-order chi connectivity index (χ0) is 14.5. The van der Waals surface area contributed by atoms with Crippen LogP contribution in [0.1, 0.15) is 26.2 Å². The Morgan fingerprint density at radius 3 is 2.74 bits per heavy atom. The number of carbonyl (C=O) groups excluding carboxylic acids is 2. The number of rotatable bonds is 5. The minimum Gasteiger partial charge on any atom is -0.481 e. The lowest BCUT2D eigenvalue weighted by molar-refractivity contribution is -0.141. The van der Waals surface area contributed by atoms with E-state index in [-0.39, 0.29) is 18.5 Å². The van der Waals surface area contributed by atoms with Crippen molar-refractivity contribution in [1.29, 1.82) is 0 Å². The number of aliphatic carboxylic acids is 1. The number of carbonyl (C=O) groups is 3. The molecule has 1 saturated heterocycles. The number of urea groups is 1. The fourth-order valence-electron chi connectivity index (χ4n) is 1.75. The summed E-state index contributed by atoms with van der Waals surface area (Å²) in [6, 6.07) is -0.645. The largest absolute Gasteiger partial charge is 0.481 e. The van der Waals surface area contributed by atoms with Crippen molar-refractivity contribution in [2.45, 2.75) is 37.8 Å². The number of hydrogen-bond acceptors (Lipinski definition) is 4. The molecule has 2 unspecified atom stereocenters. The van der Waals surface area contributed by atoms with Gasteiger partial charge in [0, 0.05) is 25.6 Å². The quantitative estimate of drug-likeness (QED) is 0.429. The number of carboxylic acid groups (broad SMARTS) is 1. The molecular weight excluding hydrogens is 254 g/mol. The summed E-state index contributed by atoms with van der Waals surface area (Å²) in [4.78, 5) is 32.9. The lowest BCUT2D eigenvalue weighted by Crippen LogP contribution is -2.52. The average Bonchev–Trinajstić information content (AvgIpc) is 2.28. The molecule has 0 aromatic rings. The van der Waals surface area contributed by atoms with Crippen molar-refractivity contribution in [3.63, 3.8) is 0 Å². The van der Waals surface area contributed by atoms with Gasteiger partial charge in [-0.3, -0.25) is 9.59 Å². The van der Waals surface area contributed by atoms with Crippen molar-refractivity contribution in [3.8, 4) is 0 Å². The molecule has 8 nitrogen and oxygen atoms in total. The first kappa shape index (κ1) is 15.2. The maximum absolute atomic E-state index is 11.5.